The van der Waals surface area contributed by atoms with Gasteiger partial charge in [0.05, 0.1) is 0 Å². The number of nitrogens with zero attached hydrogens (tertiary/aromatic N) is 3. The molecule has 0 amide bonds. The Morgan fingerprint density at radius 1 is 1.47 bits per heavy atom. The van der Waals surface area contributed by atoms with Crippen LogP contribution >= 0.6 is 0 Å². The minimum Gasteiger partial charge on any atom is -0.339 e. The van der Waals surface area contributed by atoms with Crippen LogP contribution in [0.15, 0.2) is 12.3 Å². The molecular formula is C11H20N4. The summed E-state index contributed by atoms with van der Waals surface area (Å²) in [4.78, 5) is 10.8. The van der Waals surface area contributed by atoms with Gasteiger partial charge in [0, 0.05) is 31.5 Å². The summed E-state index contributed by atoms with van der Waals surface area (Å²) in [6.07, 6.45) is 1.79. The van der Waals surface area contributed by atoms with Gasteiger partial charge in [-0.05, 0) is 18.9 Å². The maximum Gasteiger partial charge on any atom is 0.225 e. The first-order valence-electron chi connectivity index (χ1n) is 5.38. The summed E-state index contributed by atoms with van der Waals surface area (Å²) < 4.78 is 0. The van der Waals surface area contributed by atoms with Crippen LogP contribution in [0.3, 0.4) is 0 Å². The minimum atomic E-state index is 0.584. The van der Waals surface area contributed by atoms with Gasteiger partial charge in [0.2, 0.25) is 5.95 Å². The minimum absolute atomic E-state index is 0.584. The lowest BCUT2D eigenvalue weighted by atomic mass is 10.2. The molecule has 1 aromatic heterocycles. The molecule has 0 spiro atoms. The van der Waals surface area contributed by atoms with Crippen molar-refractivity contribution in [3.63, 3.8) is 0 Å². The zero-order valence-electron chi connectivity index (χ0n) is 9.77. The summed E-state index contributed by atoms with van der Waals surface area (Å²) in [7, 11) is 0. The zero-order chi connectivity index (χ0) is 11.3. The molecule has 2 N–H and O–H groups in total. The first kappa shape index (κ1) is 11.9. The summed E-state index contributed by atoms with van der Waals surface area (Å²) in [6.45, 7) is 8.71. The quantitative estimate of drug-likeness (QED) is 0.790. The average Bonchev–Trinajstić information content (AvgIpc) is 2.16. The third-order valence-electron chi connectivity index (χ3n) is 2.05. The van der Waals surface area contributed by atoms with Gasteiger partial charge in [0.25, 0.3) is 0 Å². The molecule has 4 nitrogen and oxygen atoms in total. The van der Waals surface area contributed by atoms with Crippen molar-refractivity contribution in [3.05, 3.63) is 18.0 Å². The van der Waals surface area contributed by atoms with Gasteiger partial charge in [0.1, 0.15) is 0 Å². The van der Waals surface area contributed by atoms with Crippen molar-refractivity contribution < 1.29 is 0 Å². The maximum atomic E-state index is 5.58. The Labute approximate surface area is 91.5 Å². The van der Waals surface area contributed by atoms with Crippen LogP contribution in [-0.4, -0.2) is 29.6 Å². The summed E-state index contributed by atoms with van der Waals surface area (Å²) in [5.74, 6) is 1.37. The van der Waals surface area contributed by atoms with Crippen molar-refractivity contribution in [1.29, 1.82) is 0 Å². The Morgan fingerprint density at radius 2 is 2.20 bits per heavy atom. The number of hydrogen-bond acceptors (Lipinski definition) is 4. The highest BCUT2D eigenvalue weighted by molar-refractivity contribution is 5.30. The van der Waals surface area contributed by atoms with Crippen molar-refractivity contribution in [2.24, 2.45) is 11.7 Å². The Kier molecular flexibility index (Phi) is 4.49. The van der Waals surface area contributed by atoms with Gasteiger partial charge in [-0.1, -0.05) is 13.8 Å². The van der Waals surface area contributed by atoms with Gasteiger partial charge in [-0.3, -0.25) is 0 Å². The number of hydrogen-bond donors (Lipinski definition) is 1. The first-order chi connectivity index (χ1) is 7.13. The van der Waals surface area contributed by atoms with E-state index in [1.54, 1.807) is 6.20 Å². The predicted octanol–water partition coefficient (Wildman–Crippen LogP) is 1.21. The Balaban J connectivity index is 2.78. The summed E-state index contributed by atoms with van der Waals surface area (Å²) >= 11 is 0. The predicted molar refractivity (Wildman–Crippen MR) is 62.9 cm³/mol. The molecule has 1 rings (SSSR count). The molecule has 0 radical (unpaired) electrons. The molecule has 15 heavy (non-hydrogen) atoms. The van der Waals surface area contributed by atoms with Crippen LogP contribution in [0, 0.1) is 12.8 Å². The highest BCUT2D eigenvalue weighted by Crippen LogP contribution is 2.09. The number of nitrogens with two attached hydrogens (primary N) is 1. The van der Waals surface area contributed by atoms with Gasteiger partial charge in [-0.15, -0.1) is 0 Å². The number of aromatic nitrogens is 2. The van der Waals surface area contributed by atoms with Crippen LogP contribution in [0.4, 0.5) is 5.95 Å². The average molecular weight is 208 g/mol. The van der Waals surface area contributed by atoms with E-state index < -0.39 is 0 Å². The highest BCUT2D eigenvalue weighted by atomic mass is 15.2. The van der Waals surface area contributed by atoms with Crippen molar-refractivity contribution in [1.82, 2.24) is 9.97 Å². The van der Waals surface area contributed by atoms with Crippen molar-refractivity contribution in [2.75, 3.05) is 24.5 Å². The molecule has 84 valence electrons. The van der Waals surface area contributed by atoms with Crippen molar-refractivity contribution >= 4 is 5.95 Å². The molecule has 0 aliphatic heterocycles. The molecule has 0 saturated heterocycles. The standard InChI is InChI=1S/C11H20N4/c1-9(2)8-15(7-5-12)11-13-6-4-10(3)14-11/h4,6,9H,5,7-8,12H2,1-3H3. The van der Waals surface area contributed by atoms with Gasteiger partial charge in [-0.2, -0.15) is 0 Å². The van der Waals surface area contributed by atoms with E-state index in [-0.39, 0.29) is 0 Å². The first-order valence-corrected chi connectivity index (χ1v) is 5.38. The van der Waals surface area contributed by atoms with Crippen LogP contribution in [0.5, 0.6) is 0 Å². The Hall–Kier alpha value is -1.16. The second-order valence-electron chi connectivity index (χ2n) is 4.13. The van der Waals surface area contributed by atoms with E-state index in [4.69, 9.17) is 5.73 Å². The maximum absolute atomic E-state index is 5.58. The lowest BCUT2D eigenvalue weighted by Gasteiger charge is -2.23. The largest absolute Gasteiger partial charge is 0.339 e. The lowest BCUT2D eigenvalue weighted by Crippen LogP contribution is -2.34. The fraction of sp³-hybridized carbons (Fsp3) is 0.636. The van der Waals surface area contributed by atoms with Gasteiger partial charge < -0.3 is 10.6 Å². The van der Waals surface area contributed by atoms with Crippen LogP contribution in [0.2, 0.25) is 0 Å². The van der Waals surface area contributed by atoms with Gasteiger partial charge in [-0.25, -0.2) is 9.97 Å². The second kappa shape index (κ2) is 5.66. The molecule has 0 saturated carbocycles. The number of aryl methyl sites for hydroxylation is 1. The smallest absolute Gasteiger partial charge is 0.225 e. The summed E-state index contributed by atoms with van der Waals surface area (Å²) in [5, 5.41) is 0. The van der Waals surface area contributed by atoms with E-state index in [0.717, 1.165) is 24.7 Å². The van der Waals surface area contributed by atoms with Crippen molar-refractivity contribution in [3.8, 4) is 0 Å². The van der Waals surface area contributed by atoms with E-state index in [0.29, 0.717) is 12.5 Å². The molecule has 0 bridgehead atoms. The monoisotopic (exact) mass is 208 g/mol. The SMILES string of the molecule is Cc1ccnc(N(CCN)CC(C)C)n1. The normalized spacial score (nSPS) is 10.7. The molecule has 0 fully saturated rings. The van der Waals surface area contributed by atoms with Gasteiger partial charge >= 0.3 is 0 Å². The molecule has 0 aromatic carbocycles. The van der Waals surface area contributed by atoms with Crippen LogP contribution < -0.4 is 10.6 Å². The van der Waals surface area contributed by atoms with Crippen LogP contribution in [0.25, 0.3) is 0 Å². The Bertz CT molecular complexity index is 298. The van der Waals surface area contributed by atoms with Gasteiger partial charge in [0.15, 0.2) is 0 Å². The van der Waals surface area contributed by atoms with E-state index in [9.17, 15) is 0 Å². The third kappa shape index (κ3) is 3.83. The molecule has 1 aromatic rings. The molecule has 0 aliphatic carbocycles. The molecule has 0 unspecified atom stereocenters. The molecule has 4 heteroatoms. The molecule has 0 atom stereocenters. The third-order valence-corrected chi connectivity index (χ3v) is 2.05. The van der Waals surface area contributed by atoms with E-state index in [1.165, 1.54) is 0 Å². The van der Waals surface area contributed by atoms with E-state index in [2.05, 4.69) is 28.7 Å². The second-order valence-corrected chi connectivity index (χ2v) is 4.13. The highest BCUT2D eigenvalue weighted by Gasteiger charge is 2.10. The van der Waals surface area contributed by atoms with E-state index in [1.807, 2.05) is 13.0 Å². The topological polar surface area (TPSA) is 55.0 Å². The molecule has 1 heterocycles. The zero-order valence-corrected chi connectivity index (χ0v) is 9.77. The van der Waals surface area contributed by atoms with Crippen LogP contribution in [0.1, 0.15) is 19.5 Å². The Morgan fingerprint density at radius 3 is 2.73 bits per heavy atom. The molecular weight excluding hydrogens is 188 g/mol. The molecule has 0 aliphatic rings. The fourth-order valence-electron chi connectivity index (χ4n) is 1.46. The fourth-order valence-corrected chi connectivity index (χ4v) is 1.46. The summed E-state index contributed by atoms with van der Waals surface area (Å²) in [5.41, 5.74) is 6.57. The number of rotatable bonds is 5. The van der Waals surface area contributed by atoms with Crippen molar-refractivity contribution in [2.45, 2.75) is 20.8 Å². The van der Waals surface area contributed by atoms with Crippen LogP contribution in [-0.2, 0) is 0 Å². The summed E-state index contributed by atoms with van der Waals surface area (Å²) in [6, 6.07) is 1.90. The van der Waals surface area contributed by atoms with E-state index >= 15 is 0 Å². The lowest BCUT2D eigenvalue weighted by molar-refractivity contribution is 0.601. The number of anilines is 1.